The standard InChI is InChI=1S/C14H16BNO/c16-11-12-17-15(13-7-3-1-4-8-13)14-9-5-2-6-10-14/h1-10H,11-12,16H2/i1D,2D,3D,4D,5D,6D,7D,8D,9D,10D. The molecule has 0 aliphatic rings. The number of hydrogen-bond acceptors (Lipinski definition) is 2. The Morgan fingerprint density at radius 3 is 1.82 bits per heavy atom. The van der Waals surface area contributed by atoms with E-state index in [0.717, 1.165) is 0 Å². The van der Waals surface area contributed by atoms with Crippen molar-refractivity contribution in [1.82, 2.24) is 0 Å². The Morgan fingerprint density at radius 2 is 1.41 bits per heavy atom. The van der Waals surface area contributed by atoms with E-state index in [1.807, 2.05) is 0 Å². The Balaban J connectivity index is 2.89. The van der Waals surface area contributed by atoms with E-state index in [9.17, 15) is 0 Å². The lowest BCUT2D eigenvalue weighted by Crippen LogP contribution is -2.45. The van der Waals surface area contributed by atoms with Gasteiger partial charge >= 0.3 is 6.92 Å². The number of benzene rings is 2. The maximum atomic E-state index is 8.10. The molecule has 0 saturated heterocycles. The fourth-order valence-electron chi connectivity index (χ4n) is 1.28. The largest absolute Gasteiger partial charge is 0.426 e. The predicted molar refractivity (Wildman–Crippen MR) is 72.9 cm³/mol. The van der Waals surface area contributed by atoms with Crippen LogP contribution >= 0.6 is 0 Å². The highest BCUT2D eigenvalue weighted by Crippen LogP contribution is 1.94. The third-order valence-electron chi connectivity index (χ3n) is 1.97. The molecule has 0 radical (unpaired) electrons. The minimum atomic E-state index is -1.48. The van der Waals surface area contributed by atoms with Gasteiger partial charge in [-0.3, -0.25) is 0 Å². The molecule has 3 heteroatoms. The van der Waals surface area contributed by atoms with Crippen molar-refractivity contribution in [2.24, 2.45) is 5.73 Å². The molecule has 0 fully saturated rings. The van der Waals surface area contributed by atoms with E-state index in [0.29, 0.717) is 0 Å². The topological polar surface area (TPSA) is 35.2 Å². The Bertz CT molecular complexity index is 779. The third-order valence-corrected chi connectivity index (χ3v) is 1.97. The average molecular weight is 235 g/mol. The third kappa shape index (κ3) is 3.19. The van der Waals surface area contributed by atoms with Gasteiger partial charge in [-0.25, -0.2) is 0 Å². The van der Waals surface area contributed by atoms with Gasteiger partial charge in [-0.2, -0.15) is 0 Å². The van der Waals surface area contributed by atoms with Crippen molar-refractivity contribution in [3.05, 3.63) is 60.4 Å². The molecule has 0 aromatic heterocycles. The van der Waals surface area contributed by atoms with Crippen molar-refractivity contribution in [3.8, 4) is 0 Å². The minimum absolute atomic E-state index is 0.0216. The van der Waals surface area contributed by atoms with Crippen LogP contribution in [-0.2, 0) is 4.65 Å². The molecule has 0 unspecified atom stereocenters. The van der Waals surface area contributed by atoms with Gasteiger partial charge in [0.05, 0.1) is 13.7 Å². The molecule has 0 saturated carbocycles. The summed E-state index contributed by atoms with van der Waals surface area (Å²) in [5, 5.41) is 0. The lowest BCUT2D eigenvalue weighted by atomic mass is 9.55. The highest BCUT2D eigenvalue weighted by atomic mass is 16.4. The van der Waals surface area contributed by atoms with Gasteiger partial charge in [-0.05, 0) is 10.9 Å². The molecule has 17 heavy (non-hydrogen) atoms. The second-order valence-corrected chi connectivity index (χ2v) is 3.12. The van der Waals surface area contributed by atoms with E-state index in [1.54, 1.807) is 0 Å². The first-order valence-corrected chi connectivity index (χ1v) is 5.01. The van der Waals surface area contributed by atoms with E-state index < -0.39 is 67.3 Å². The summed E-state index contributed by atoms with van der Waals surface area (Å²) >= 11 is 0. The molecule has 2 aromatic carbocycles. The van der Waals surface area contributed by atoms with E-state index in [4.69, 9.17) is 24.1 Å². The van der Waals surface area contributed by atoms with Crippen LogP contribution in [0.2, 0.25) is 0 Å². The monoisotopic (exact) mass is 235 g/mol. The summed E-state index contributed by atoms with van der Waals surface area (Å²) in [6, 6.07) is -5.95. The van der Waals surface area contributed by atoms with E-state index in [2.05, 4.69) is 0 Å². The molecule has 0 bridgehead atoms. The first-order valence-electron chi connectivity index (χ1n) is 10.0. The predicted octanol–water partition coefficient (Wildman–Crippen LogP) is 0.768. The Labute approximate surface area is 117 Å². The minimum Gasteiger partial charge on any atom is -0.426 e. The molecule has 0 amide bonds. The summed E-state index contributed by atoms with van der Waals surface area (Å²) in [4.78, 5) is 0. The first-order chi connectivity index (χ1) is 12.6. The average Bonchev–Trinajstić information content (AvgIpc) is 2.65. The van der Waals surface area contributed by atoms with Crippen LogP contribution in [0, 0.1) is 0 Å². The van der Waals surface area contributed by atoms with Crippen LogP contribution in [0.1, 0.15) is 13.7 Å². The highest BCUT2D eigenvalue weighted by molar-refractivity contribution is 6.80. The van der Waals surface area contributed by atoms with Crippen molar-refractivity contribution in [2.45, 2.75) is 0 Å². The number of nitrogens with two attached hydrogens (primary N) is 1. The maximum Gasteiger partial charge on any atom is 0.361 e. The lowest BCUT2D eigenvalue weighted by molar-refractivity contribution is 0.344. The summed E-state index contributed by atoms with van der Waals surface area (Å²) < 4.78 is 84.5. The molecule has 0 aliphatic heterocycles. The van der Waals surface area contributed by atoms with Gasteiger partial charge in [0.15, 0.2) is 0 Å². The van der Waals surface area contributed by atoms with Crippen LogP contribution in [0.4, 0.5) is 0 Å². The Kier molecular flexibility index (Phi) is 1.68. The van der Waals surface area contributed by atoms with Crippen LogP contribution < -0.4 is 16.7 Å². The van der Waals surface area contributed by atoms with Crippen molar-refractivity contribution >= 4 is 17.8 Å². The summed E-state index contributed by atoms with van der Waals surface area (Å²) in [5.74, 6) is 0. The van der Waals surface area contributed by atoms with E-state index in [-0.39, 0.29) is 24.1 Å². The normalized spacial score (nSPS) is 18.4. The SMILES string of the molecule is [2H]c1c([2H])c([2H])c(B(OCCN)c2c([2H])c([2H])c([2H])c([2H])c2[2H])c([2H])c1[2H]. The molecular formula is C14H16BNO. The van der Waals surface area contributed by atoms with Gasteiger partial charge in [0, 0.05) is 13.2 Å². The maximum absolute atomic E-state index is 8.10. The fraction of sp³-hybridized carbons (Fsp3) is 0.143. The molecule has 0 aliphatic carbocycles. The Hall–Kier alpha value is -1.58. The first kappa shape index (κ1) is 4.60. The van der Waals surface area contributed by atoms with Crippen molar-refractivity contribution < 1.29 is 18.4 Å². The highest BCUT2D eigenvalue weighted by Gasteiger charge is 2.20. The molecule has 0 heterocycles. The zero-order valence-electron chi connectivity index (χ0n) is 19.0. The Morgan fingerprint density at radius 1 is 0.941 bits per heavy atom. The zero-order valence-corrected chi connectivity index (χ0v) is 8.98. The van der Waals surface area contributed by atoms with Crippen LogP contribution in [0.3, 0.4) is 0 Å². The molecule has 2 aromatic rings. The summed E-state index contributed by atoms with van der Waals surface area (Å²) in [6.07, 6.45) is 0. The molecule has 2 rings (SSSR count). The number of rotatable bonds is 5. The van der Waals surface area contributed by atoms with Gasteiger partial charge < -0.3 is 10.4 Å². The summed E-state index contributed by atoms with van der Waals surface area (Å²) in [5.41, 5.74) is 4.81. The van der Waals surface area contributed by atoms with E-state index in [1.165, 1.54) is 0 Å². The number of hydrogen-bond donors (Lipinski definition) is 1. The van der Waals surface area contributed by atoms with Crippen molar-refractivity contribution in [1.29, 1.82) is 0 Å². The van der Waals surface area contributed by atoms with Crippen molar-refractivity contribution in [3.63, 3.8) is 0 Å². The van der Waals surface area contributed by atoms with Gasteiger partial charge in [0.1, 0.15) is 0 Å². The van der Waals surface area contributed by atoms with Crippen LogP contribution in [0.15, 0.2) is 60.4 Å². The quantitative estimate of drug-likeness (QED) is 0.777. The van der Waals surface area contributed by atoms with Gasteiger partial charge in [-0.1, -0.05) is 60.4 Å². The van der Waals surface area contributed by atoms with Crippen LogP contribution in [-0.4, -0.2) is 20.1 Å². The molecule has 0 spiro atoms. The van der Waals surface area contributed by atoms with Gasteiger partial charge in [-0.15, -0.1) is 0 Å². The van der Waals surface area contributed by atoms with Gasteiger partial charge in [0.25, 0.3) is 0 Å². The summed E-state index contributed by atoms with van der Waals surface area (Å²) in [6.45, 7) is -1.57. The smallest absolute Gasteiger partial charge is 0.361 e. The second-order valence-electron chi connectivity index (χ2n) is 3.12. The van der Waals surface area contributed by atoms with Crippen molar-refractivity contribution in [2.75, 3.05) is 13.2 Å². The molecular weight excluding hydrogens is 209 g/mol. The van der Waals surface area contributed by atoms with E-state index >= 15 is 0 Å². The van der Waals surface area contributed by atoms with Crippen LogP contribution in [0.25, 0.3) is 0 Å². The lowest BCUT2D eigenvalue weighted by Gasteiger charge is -2.14. The van der Waals surface area contributed by atoms with Crippen LogP contribution in [0.5, 0.6) is 0 Å². The molecule has 2 nitrogen and oxygen atoms in total. The molecule has 86 valence electrons. The zero-order chi connectivity index (χ0) is 20.6. The molecule has 0 atom stereocenters. The molecule has 2 N–H and O–H groups in total. The van der Waals surface area contributed by atoms with Gasteiger partial charge in [0.2, 0.25) is 0 Å². The summed E-state index contributed by atoms with van der Waals surface area (Å²) in [7, 11) is 0. The fourth-order valence-corrected chi connectivity index (χ4v) is 1.28. The second kappa shape index (κ2) is 6.23.